The van der Waals surface area contributed by atoms with E-state index in [2.05, 4.69) is 5.32 Å². The molecule has 0 spiro atoms. The minimum Gasteiger partial charge on any atom is -0.325 e. The Bertz CT molecular complexity index is 415. The number of nitrogens with one attached hydrogen (secondary N) is 1. The van der Waals surface area contributed by atoms with E-state index in [1.54, 1.807) is 6.07 Å². The zero-order valence-corrected chi connectivity index (χ0v) is 11.7. The molecule has 0 bridgehead atoms. The van der Waals surface area contributed by atoms with Gasteiger partial charge >= 0.3 is 0 Å². The van der Waals surface area contributed by atoms with Crippen molar-refractivity contribution in [1.82, 2.24) is 0 Å². The van der Waals surface area contributed by atoms with Crippen LogP contribution in [0.5, 0.6) is 0 Å². The smallest absolute Gasteiger partial charge is 0.263 e. The van der Waals surface area contributed by atoms with Gasteiger partial charge in [0.15, 0.2) is 0 Å². The fourth-order valence-corrected chi connectivity index (χ4v) is 1.49. The lowest BCUT2D eigenvalue weighted by molar-refractivity contribution is -0.118. The third-order valence-electron chi connectivity index (χ3n) is 2.97. The molecule has 1 rings (SSSR count). The molecule has 2 unspecified atom stereocenters. The number of hydrogen-bond acceptors (Lipinski definition) is 2. The van der Waals surface area contributed by atoms with Gasteiger partial charge in [0.05, 0.1) is 6.04 Å². The van der Waals surface area contributed by atoms with E-state index in [1.807, 2.05) is 13.8 Å². The van der Waals surface area contributed by atoms with Crippen molar-refractivity contribution in [2.45, 2.75) is 32.7 Å². The Balaban J connectivity index is 0.00000324. The Hall–Kier alpha value is -1.20. The molecule has 0 aliphatic rings. The van der Waals surface area contributed by atoms with E-state index in [-0.39, 0.29) is 29.8 Å². The van der Waals surface area contributed by atoms with Gasteiger partial charge in [-0.3, -0.25) is 4.79 Å². The van der Waals surface area contributed by atoms with Crippen molar-refractivity contribution in [2.75, 3.05) is 5.32 Å². The highest BCUT2D eigenvalue weighted by atomic mass is 35.5. The SMILES string of the molecule is CCC(C)C(N)C(=O)Nc1cccc(C(F)F)c1.Cl. The molecule has 0 saturated carbocycles. The molecule has 0 radical (unpaired) electrons. The molecule has 0 fully saturated rings. The fraction of sp³-hybridized carbons (Fsp3) is 0.462. The Morgan fingerprint density at radius 3 is 2.58 bits per heavy atom. The fourth-order valence-electron chi connectivity index (χ4n) is 1.49. The standard InChI is InChI=1S/C13H18F2N2O.ClH/c1-3-8(2)11(16)13(18)17-10-6-4-5-9(7-10)12(14)15;/h4-8,11-12H,3,16H2,1-2H3,(H,17,18);1H. The summed E-state index contributed by atoms with van der Waals surface area (Å²) in [5.41, 5.74) is 5.98. The van der Waals surface area contributed by atoms with Gasteiger partial charge in [0.2, 0.25) is 5.91 Å². The van der Waals surface area contributed by atoms with Gasteiger partial charge in [0, 0.05) is 11.3 Å². The lowest BCUT2D eigenvalue weighted by atomic mass is 9.99. The summed E-state index contributed by atoms with van der Waals surface area (Å²) in [4.78, 5) is 11.8. The summed E-state index contributed by atoms with van der Waals surface area (Å²) in [6, 6.07) is 4.98. The molecule has 1 amide bonds. The molecule has 0 aromatic heterocycles. The van der Waals surface area contributed by atoms with Crippen molar-refractivity contribution < 1.29 is 13.6 Å². The molecule has 1 aromatic rings. The van der Waals surface area contributed by atoms with Gasteiger partial charge < -0.3 is 11.1 Å². The number of hydrogen-bond donors (Lipinski definition) is 2. The summed E-state index contributed by atoms with van der Waals surface area (Å²) in [7, 11) is 0. The maximum atomic E-state index is 12.5. The summed E-state index contributed by atoms with van der Waals surface area (Å²) in [5, 5.41) is 2.55. The molecule has 0 heterocycles. The minimum atomic E-state index is -2.55. The first-order chi connectivity index (χ1) is 8.45. The van der Waals surface area contributed by atoms with Gasteiger partial charge in [0.1, 0.15) is 0 Å². The van der Waals surface area contributed by atoms with Crippen molar-refractivity contribution in [3.63, 3.8) is 0 Å². The van der Waals surface area contributed by atoms with Crippen molar-refractivity contribution in [3.8, 4) is 0 Å². The second-order valence-corrected chi connectivity index (χ2v) is 4.33. The highest BCUT2D eigenvalue weighted by molar-refractivity contribution is 5.94. The summed E-state index contributed by atoms with van der Waals surface area (Å²) in [6.07, 6.45) is -1.77. The molecule has 3 N–H and O–H groups in total. The van der Waals surface area contributed by atoms with Crippen LogP contribution < -0.4 is 11.1 Å². The number of amides is 1. The molecule has 108 valence electrons. The Morgan fingerprint density at radius 2 is 2.05 bits per heavy atom. The number of nitrogens with two attached hydrogens (primary N) is 1. The average Bonchev–Trinajstić information content (AvgIpc) is 2.37. The monoisotopic (exact) mass is 292 g/mol. The number of carbonyl (C=O) groups excluding carboxylic acids is 1. The van der Waals surface area contributed by atoms with Crippen LogP contribution in [0.15, 0.2) is 24.3 Å². The van der Waals surface area contributed by atoms with E-state index in [0.29, 0.717) is 5.69 Å². The quantitative estimate of drug-likeness (QED) is 0.874. The second-order valence-electron chi connectivity index (χ2n) is 4.33. The lowest BCUT2D eigenvalue weighted by Gasteiger charge is -2.17. The number of benzene rings is 1. The van der Waals surface area contributed by atoms with E-state index in [4.69, 9.17) is 5.73 Å². The zero-order valence-electron chi connectivity index (χ0n) is 10.9. The third-order valence-corrected chi connectivity index (χ3v) is 2.97. The van der Waals surface area contributed by atoms with Gasteiger partial charge in [-0.15, -0.1) is 12.4 Å². The first kappa shape index (κ1) is 17.8. The van der Waals surface area contributed by atoms with Crippen LogP contribution in [0.3, 0.4) is 0 Å². The first-order valence-corrected chi connectivity index (χ1v) is 5.90. The molecule has 0 saturated heterocycles. The summed E-state index contributed by atoms with van der Waals surface area (Å²) in [5.74, 6) is -0.306. The van der Waals surface area contributed by atoms with Crippen LogP contribution in [0.2, 0.25) is 0 Å². The van der Waals surface area contributed by atoms with Crippen molar-refractivity contribution >= 4 is 24.0 Å². The Labute approximate surface area is 118 Å². The Kier molecular flexibility index (Phi) is 7.56. The van der Waals surface area contributed by atoms with Crippen LogP contribution in [0.25, 0.3) is 0 Å². The van der Waals surface area contributed by atoms with Crippen LogP contribution in [0.4, 0.5) is 14.5 Å². The number of rotatable bonds is 5. The lowest BCUT2D eigenvalue weighted by Crippen LogP contribution is -2.40. The Morgan fingerprint density at radius 1 is 1.42 bits per heavy atom. The zero-order chi connectivity index (χ0) is 13.7. The van der Waals surface area contributed by atoms with Crippen LogP contribution in [0, 0.1) is 5.92 Å². The van der Waals surface area contributed by atoms with Crippen LogP contribution in [-0.4, -0.2) is 11.9 Å². The van der Waals surface area contributed by atoms with Gasteiger partial charge in [-0.1, -0.05) is 32.4 Å². The van der Waals surface area contributed by atoms with Gasteiger partial charge in [-0.05, 0) is 18.1 Å². The van der Waals surface area contributed by atoms with Crippen LogP contribution >= 0.6 is 12.4 Å². The molecule has 19 heavy (non-hydrogen) atoms. The van der Waals surface area contributed by atoms with Crippen molar-refractivity contribution in [3.05, 3.63) is 29.8 Å². The maximum absolute atomic E-state index is 12.5. The summed E-state index contributed by atoms with van der Waals surface area (Å²) < 4.78 is 25.0. The first-order valence-electron chi connectivity index (χ1n) is 5.90. The van der Waals surface area contributed by atoms with Crippen molar-refractivity contribution in [1.29, 1.82) is 0 Å². The number of alkyl halides is 2. The van der Waals surface area contributed by atoms with Crippen LogP contribution in [0.1, 0.15) is 32.3 Å². The second kappa shape index (κ2) is 8.07. The maximum Gasteiger partial charge on any atom is 0.263 e. The molecular formula is C13H19ClF2N2O. The van der Waals surface area contributed by atoms with Crippen LogP contribution in [-0.2, 0) is 4.79 Å². The minimum absolute atomic E-state index is 0. The van der Waals surface area contributed by atoms with Gasteiger partial charge in [-0.25, -0.2) is 8.78 Å². The predicted octanol–water partition coefficient (Wildman–Crippen LogP) is 3.36. The molecule has 6 heteroatoms. The molecule has 3 nitrogen and oxygen atoms in total. The number of carbonyl (C=O) groups is 1. The molecular weight excluding hydrogens is 274 g/mol. The summed E-state index contributed by atoms with van der Waals surface area (Å²) >= 11 is 0. The average molecular weight is 293 g/mol. The van der Waals surface area contributed by atoms with E-state index in [0.717, 1.165) is 6.42 Å². The third kappa shape index (κ3) is 5.12. The largest absolute Gasteiger partial charge is 0.325 e. The van der Waals surface area contributed by atoms with E-state index >= 15 is 0 Å². The van der Waals surface area contributed by atoms with Gasteiger partial charge in [0.25, 0.3) is 6.43 Å². The van der Waals surface area contributed by atoms with Gasteiger partial charge in [-0.2, -0.15) is 0 Å². The molecule has 1 aromatic carbocycles. The van der Waals surface area contributed by atoms with E-state index in [9.17, 15) is 13.6 Å². The molecule has 0 aliphatic carbocycles. The highest BCUT2D eigenvalue weighted by Gasteiger charge is 2.19. The molecule has 0 aliphatic heterocycles. The predicted molar refractivity (Wildman–Crippen MR) is 74.7 cm³/mol. The van der Waals surface area contributed by atoms with E-state index in [1.165, 1.54) is 18.2 Å². The highest BCUT2D eigenvalue weighted by Crippen LogP contribution is 2.21. The van der Waals surface area contributed by atoms with E-state index < -0.39 is 12.5 Å². The summed E-state index contributed by atoms with van der Waals surface area (Å²) in [6.45, 7) is 3.81. The van der Waals surface area contributed by atoms with Crippen molar-refractivity contribution in [2.24, 2.45) is 11.7 Å². The number of halogens is 3. The molecule has 2 atom stereocenters. The normalized spacial score (nSPS) is 13.6. The number of anilines is 1. The topological polar surface area (TPSA) is 55.1 Å².